The van der Waals surface area contributed by atoms with Gasteiger partial charge in [0.2, 0.25) is 0 Å². The van der Waals surface area contributed by atoms with Crippen molar-refractivity contribution in [2.24, 2.45) is 5.73 Å². The molecule has 19 heavy (non-hydrogen) atoms. The lowest BCUT2D eigenvalue weighted by Gasteiger charge is -2.25. The zero-order chi connectivity index (χ0) is 14.0. The minimum absolute atomic E-state index is 0.0326. The van der Waals surface area contributed by atoms with Crippen molar-refractivity contribution in [3.8, 4) is 0 Å². The Balaban J connectivity index is 2.14. The van der Waals surface area contributed by atoms with Gasteiger partial charge in [-0.15, -0.1) is 0 Å². The van der Waals surface area contributed by atoms with E-state index in [1.165, 1.54) is 6.07 Å². The van der Waals surface area contributed by atoms with Crippen LogP contribution >= 0.6 is 0 Å². The second kappa shape index (κ2) is 5.08. The molecule has 1 aromatic rings. The largest absolute Gasteiger partial charge is 0.399 e. The fraction of sp³-hybridized carbons (Fsp3) is 0.417. The molecule has 1 aliphatic heterocycles. The first-order chi connectivity index (χ1) is 8.87. The van der Waals surface area contributed by atoms with E-state index in [-0.39, 0.29) is 17.5 Å². The molecule has 1 amide bonds. The number of benzene rings is 1. The van der Waals surface area contributed by atoms with E-state index >= 15 is 0 Å². The lowest BCUT2D eigenvalue weighted by atomic mass is 10.1. The molecule has 1 heterocycles. The highest BCUT2D eigenvalue weighted by atomic mass is 32.2. The van der Waals surface area contributed by atoms with E-state index in [4.69, 9.17) is 11.5 Å². The second-order valence-electron chi connectivity index (χ2n) is 4.74. The first-order valence-corrected chi connectivity index (χ1v) is 7.86. The van der Waals surface area contributed by atoms with Crippen LogP contribution in [-0.2, 0) is 9.84 Å². The lowest BCUT2D eigenvalue weighted by molar-refractivity contribution is 0.100. The van der Waals surface area contributed by atoms with Crippen molar-refractivity contribution < 1.29 is 13.2 Å². The third-order valence-electron chi connectivity index (χ3n) is 3.22. The number of anilines is 2. The predicted octanol–water partition coefficient (Wildman–Crippen LogP) is 0.357. The average Bonchev–Trinajstić information content (AvgIpc) is 2.33. The first kappa shape index (κ1) is 13.7. The number of primary amides is 1. The van der Waals surface area contributed by atoms with E-state index in [1.807, 2.05) is 0 Å². The van der Waals surface area contributed by atoms with Crippen molar-refractivity contribution >= 4 is 27.1 Å². The van der Waals surface area contributed by atoms with Crippen LogP contribution < -0.4 is 16.8 Å². The summed E-state index contributed by atoms with van der Waals surface area (Å²) >= 11 is 0. The zero-order valence-corrected chi connectivity index (χ0v) is 11.2. The molecule has 0 atom stereocenters. The average molecular weight is 283 g/mol. The van der Waals surface area contributed by atoms with Crippen LogP contribution in [0, 0.1) is 0 Å². The van der Waals surface area contributed by atoms with Gasteiger partial charge in [-0.2, -0.15) is 0 Å². The molecular weight excluding hydrogens is 266 g/mol. The third kappa shape index (κ3) is 3.37. The highest BCUT2D eigenvalue weighted by Crippen LogP contribution is 2.22. The van der Waals surface area contributed by atoms with Gasteiger partial charge in [-0.1, -0.05) is 0 Å². The van der Waals surface area contributed by atoms with Gasteiger partial charge in [0.05, 0.1) is 17.1 Å². The molecule has 0 bridgehead atoms. The van der Waals surface area contributed by atoms with Crippen LogP contribution in [0.15, 0.2) is 18.2 Å². The van der Waals surface area contributed by atoms with Gasteiger partial charge in [0, 0.05) is 17.4 Å². The molecule has 104 valence electrons. The van der Waals surface area contributed by atoms with Crippen LogP contribution in [-0.4, -0.2) is 31.9 Å². The molecule has 1 fully saturated rings. The normalized spacial score (nSPS) is 18.9. The van der Waals surface area contributed by atoms with Crippen molar-refractivity contribution in [2.45, 2.75) is 18.9 Å². The van der Waals surface area contributed by atoms with Crippen LogP contribution in [0.2, 0.25) is 0 Å². The smallest absolute Gasteiger partial charge is 0.250 e. The Morgan fingerprint density at radius 2 is 1.89 bits per heavy atom. The van der Waals surface area contributed by atoms with Gasteiger partial charge in [0.25, 0.3) is 5.91 Å². The molecule has 6 nitrogen and oxygen atoms in total. The summed E-state index contributed by atoms with van der Waals surface area (Å²) in [4.78, 5) is 11.3. The van der Waals surface area contributed by atoms with E-state index < -0.39 is 15.7 Å². The van der Waals surface area contributed by atoms with E-state index in [0.717, 1.165) is 0 Å². The van der Waals surface area contributed by atoms with Crippen LogP contribution in [0.5, 0.6) is 0 Å². The summed E-state index contributed by atoms with van der Waals surface area (Å²) in [5.74, 6) is -0.213. The van der Waals surface area contributed by atoms with Crippen LogP contribution in [0.1, 0.15) is 23.2 Å². The highest BCUT2D eigenvalue weighted by Gasteiger charge is 2.24. The summed E-state index contributed by atoms with van der Waals surface area (Å²) in [7, 11) is -2.89. The topological polar surface area (TPSA) is 115 Å². The second-order valence-corrected chi connectivity index (χ2v) is 7.04. The molecule has 2 rings (SSSR count). The third-order valence-corrected chi connectivity index (χ3v) is 4.94. The van der Waals surface area contributed by atoms with Crippen LogP contribution in [0.3, 0.4) is 0 Å². The van der Waals surface area contributed by atoms with Gasteiger partial charge >= 0.3 is 0 Å². The van der Waals surface area contributed by atoms with Crippen molar-refractivity contribution in [3.63, 3.8) is 0 Å². The minimum atomic E-state index is -2.89. The van der Waals surface area contributed by atoms with Gasteiger partial charge in [0.15, 0.2) is 0 Å². The summed E-state index contributed by atoms with van der Waals surface area (Å²) in [6.07, 6.45) is 1.07. The fourth-order valence-corrected chi connectivity index (χ4v) is 3.64. The monoisotopic (exact) mass is 283 g/mol. The van der Waals surface area contributed by atoms with E-state index in [9.17, 15) is 13.2 Å². The molecule has 0 saturated carbocycles. The summed E-state index contributed by atoms with van der Waals surface area (Å²) < 4.78 is 22.7. The first-order valence-electron chi connectivity index (χ1n) is 6.04. The van der Waals surface area contributed by atoms with Gasteiger partial charge in [0.1, 0.15) is 9.84 Å². The minimum Gasteiger partial charge on any atom is -0.399 e. The summed E-state index contributed by atoms with van der Waals surface area (Å²) in [6.45, 7) is 0. The number of sulfone groups is 1. The number of hydrogen-bond acceptors (Lipinski definition) is 5. The van der Waals surface area contributed by atoms with E-state index in [1.54, 1.807) is 12.1 Å². The molecule has 1 aromatic carbocycles. The van der Waals surface area contributed by atoms with Gasteiger partial charge < -0.3 is 16.8 Å². The standard InChI is InChI=1S/C12H17N3O3S/c13-8-1-2-11(10(7-8)12(14)16)15-9-3-5-19(17,18)6-4-9/h1-2,7,9,15H,3-6,13H2,(H2,14,16). The maximum Gasteiger partial charge on any atom is 0.250 e. The Hall–Kier alpha value is -1.76. The zero-order valence-electron chi connectivity index (χ0n) is 10.4. The maximum atomic E-state index is 11.3. The van der Waals surface area contributed by atoms with Gasteiger partial charge in [-0.3, -0.25) is 4.79 Å². The number of amides is 1. The van der Waals surface area contributed by atoms with Crippen molar-refractivity contribution in [3.05, 3.63) is 23.8 Å². The number of carbonyl (C=O) groups is 1. The molecule has 7 heteroatoms. The Labute approximate surface area is 112 Å². The van der Waals surface area contributed by atoms with Crippen molar-refractivity contribution in [2.75, 3.05) is 22.6 Å². The number of carbonyl (C=O) groups excluding carboxylic acids is 1. The van der Waals surface area contributed by atoms with Crippen molar-refractivity contribution in [1.29, 1.82) is 0 Å². The molecule has 0 aliphatic carbocycles. The summed E-state index contributed by atoms with van der Waals surface area (Å²) in [5, 5.41) is 3.17. The summed E-state index contributed by atoms with van der Waals surface area (Å²) in [6, 6.07) is 4.92. The van der Waals surface area contributed by atoms with Gasteiger partial charge in [-0.05, 0) is 31.0 Å². The molecule has 0 radical (unpaired) electrons. The molecule has 5 N–H and O–H groups in total. The Morgan fingerprint density at radius 1 is 1.26 bits per heavy atom. The van der Waals surface area contributed by atoms with E-state index in [2.05, 4.69) is 5.32 Å². The lowest BCUT2D eigenvalue weighted by Crippen LogP contribution is -2.32. The Kier molecular flexibility index (Phi) is 3.66. The highest BCUT2D eigenvalue weighted by molar-refractivity contribution is 7.91. The predicted molar refractivity (Wildman–Crippen MR) is 74.7 cm³/mol. The molecular formula is C12H17N3O3S. The molecule has 0 unspecified atom stereocenters. The van der Waals surface area contributed by atoms with Crippen molar-refractivity contribution in [1.82, 2.24) is 0 Å². The molecule has 0 spiro atoms. The molecule has 0 aromatic heterocycles. The van der Waals surface area contributed by atoms with Crippen LogP contribution in [0.25, 0.3) is 0 Å². The quantitative estimate of drug-likeness (QED) is 0.693. The number of nitrogens with one attached hydrogen (secondary N) is 1. The number of hydrogen-bond donors (Lipinski definition) is 3. The Morgan fingerprint density at radius 3 is 2.47 bits per heavy atom. The number of rotatable bonds is 3. The number of nitrogen functional groups attached to an aromatic ring is 1. The molecule has 1 aliphatic rings. The van der Waals surface area contributed by atoms with Gasteiger partial charge in [-0.25, -0.2) is 8.42 Å². The molecule has 1 saturated heterocycles. The fourth-order valence-electron chi connectivity index (χ4n) is 2.15. The Bertz CT molecular complexity index is 584. The SMILES string of the molecule is NC(=O)c1cc(N)ccc1NC1CCS(=O)(=O)CC1. The van der Waals surface area contributed by atoms with Crippen LogP contribution in [0.4, 0.5) is 11.4 Å². The van der Waals surface area contributed by atoms with E-state index in [0.29, 0.717) is 29.8 Å². The maximum absolute atomic E-state index is 11.3. The number of nitrogens with two attached hydrogens (primary N) is 2. The summed E-state index contributed by atoms with van der Waals surface area (Å²) in [5.41, 5.74) is 12.3.